The first-order valence-corrected chi connectivity index (χ1v) is 19.0. The lowest BCUT2D eigenvalue weighted by molar-refractivity contribution is -0.246. The lowest BCUT2D eigenvalue weighted by atomic mass is 10.1. The van der Waals surface area contributed by atoms with Crippen LogP contribution in [0.5, 0.6) is 0 Å². The monoisotopic (exact) mass is 822 g/mol. The maximum absolute atomic E-state index is 12.4. The van der Waals surface area contributed by atoms with Gasteiger partial charge in [0, 0.05) is 14.2 Å². The van der Waals surface area contributed by atoms with Crippen molar-refractivity contribution in [2.75, 3.05) is 49.5 Å². The van der Waals surface area contributed by atoms with Crippen molar-refractivity contribution in [3.8, 4) is 0 Å². The Morgan fingerprint density at radius 3 is 2.25 bits per heavy atom. The third-order valence-electron chi connectivity index (χ3n) is 7.33. The summed E-state index contributed by atoms with van der Waals surface area (Å²) in [7, 11) is -14.9. The van der Waals surface area contributed by atoms with Gasteiger partial charge in [-0.05, 0) is 0 Å². The predicted molar refractivity (Wildman–Crippen MR) is 171 cm³/mol. The molecule has 2 aliphatic heterocycles. The van der Waals surface area contributed by atoms with Crippen LogP contribution in [0.4, 0.5) is 23.4 Å². The molecule has 11 unspecified atom stereocenters. The molecule has 2 fully saturated rings. The van der Waals surface area contributed by atoms with Gasteiger partial charge in [0.25, 0.3) is 11.1 Å². The maximum atomic E-state index is 12.4. The summed E-state index contributed by atoms with van der Waals surface area (Å²) in [4.78, 5) is 74.7. The summed E-state index contributed by atoms with van der Waals surface area (Å²) in [6, 6.07) is 0. The van der Waals surface area contributed by atoms with E-state index < -0.39 is 96.9 Å². The topological polar surface area (TPSA) is 432 Å². The summed E-state index contributed by atoms with van der Waals surface area (Å²) in [5.41, 5.74) is 9.39. The summed E-state index contributed by atoms with van der Waals surface area (Å²) < 4.78 is 71.2. The molecule has 32 heteroatoms. The largest absolute Gasteiger partial charge is 0.508 e. The van der Waals surface area contributed by atoms with Gasteiger partial charge in [-0.2, -0.15) is 18.6 Å². The van der Waals surface area contributed by atoms with Crippen molar-refractivity contribution in [3.63, 3.8) is 0 Å². The lowest BCUT2D eigenvalue weighted by Gasteiger charge is -2.20. The van der Waals surface area contributed by atoms with Gasteiger partial charge in [0.15, 0.2) is 29.4 Å². The van der Waals surface area contributed by atoms with Gasteiger partial charge < -0.3 is 66.3 Å². The molecule has 2 saturated heterocycles. The fourth-order valence-electron chi connectivity index (χ4n) is 5.12. The Labute approximate surface area is 293 Å². The van der Waals surface area contributed by atoms with Gasteiger partial charge in [-0.25, -0.2) is 23.6 Å². The Morgan fingerprint density at radius 1 is 0.906 bits per heavy atom. The quantitative estimate of drug-likeness (QED) is 0.0379. The minimum Gasteiger partial charge on any atom is -0.387 e. The fraction of sp³-hybridized carbons (Fsp3) is 0.571. The third kappa shape index (κ3) is 9.27. The second-order valence-electron chi connectivity index (χ2n) is 10.9. The number of phosphoric ester groups is 1. The van der Waals surface area contributed by atoms with Gasteiger partial charge >= 0.3 is 23.5 Å². The van der Waals surface area contributed by atoms with E-state index in [-0.39, 0.29) is 34.6 Å². The van der Waals surface area contributed by atoms with E-state index in [0.717, 1.165) is 10.9 Å². The van der Waals surface area contributed by atoms with Crippen molar-refractivity contribution in [1.82, 2.24) is 29.5 Å². The Kier molecular flexibility index (Phi) is 12.1. The number of nitrogens with zero attached hydrogens (tertiary/aromatic N) is 4. The number of nitrogens with two attached hydrogens (primary N) is 2. The van der Waals surface area contributed by atoms with Crippen LogP contribution in [0, 0.1) is 0 Å². The number of imidazole rings is 1. The van der Waals surface area contributed by atoms with Crippen molar-refractivity contribution < 1.29 is 80.6 Å². The van der Waals surface area contributed by atoms with Crippen molar-refractivity contribution in [1.29, 1.82) is 0 Å². The highest BCUT2D eigenvalue weighted by molar-refractivity contribution is 7.66. The Balaban J connectivity index is 1.13. The van der Waals surface area contributed by atoms with Gasteiger partial charge in [0.2, 0.25) is 11.9 Å². The maximum Gasteiger partial charge on any atom is 0.508 e. The minimum absolute atomic E-state index is 0.0699. The van der Waals surface area contributed by atoms with Crippen molar-refractivity contribution in [2.24, 2.45) is 0 Å². The van der Waals surface area contributed by atoms with E-state index in [1.54, 1.807) is 0 Å². The first-order chi connectivity index (χ1) is 24.7. The zero-order valence-electron chi connectivity index (χ0n) is 26.9. The van der Waals surface area contributed by atoms with E-state index in [1.165, 1.54) is 14.2 Å². The number of hydrogen-bond acceptors (Lipinski definition) is 23. The van der Waals surface area contributed by atoms with E-state index in [1.807, 2.05) is 0 Å². The first-order valence-electron chi connectivity index (χ1n) is 14.6. The number of phosphoric acid groups is 3. The van der Waals surface area contributed by atoms with Crippen LogP contribution in [0.25, 0.3) is 11.2 Å². The minimum atomic E-state index is -6.00. The molecule has 11 atom stereocenters. The molecule has 3 aromatic heterocycles. The Morgan fingerprint density at radius 2 is 1.57 bits per heavy atom. The first kappa shape index (κ1) is 40.7. The fourth-order valence-corrected chi connectivity index (χ4v) is 8.42. The molecule has 29 nitrogen and oxygen atoms in total. The molecule has 0 aromatic carbocycles. The average Bonchev–Trinajstić information content (AvgIpc) is 3.68. The molecule has 53 heavy (non-hydrogen) atoms. The molecular weight excluding hydrogens is 789 g/mol. The molecule has 0 radical (unpaired) electrons. The predicted octanol–water partition coefficient (Wildman–Crippen LogP) is -3.46. The molecule has 0 bridgehead atoms. The summed E-state index contributed by atoms with van der Waals surface area (Å²) >= 11 is 0. The molecule has 14 N–H and O–H groups in total. The highest BCUT2D eigenvalue weighted by atomic mass is 31.3. The van der Waals surface area contributed by atoms with E-state index in [2.05, 4.69) is 58.3 Å². The highest BCUT2D eigenvalue weighted by Gasteiger charge is 2.48. The molecule has 5 heterocycles. The van der Waals surface area contributed by atoms with E-state index in [4.69, 9.17) is 25.7 Å². The van der Waals surface area contributed by atoms with Gasteiger partial charge in [-0.1, -0.05) is 0 Å². The third-order valence-corrected chi connectivity index (χ3v) is 11.4. The van der Waals surface area contributed by atoms with Gasteiger partial charge in [0.05, 0.1) is 12.9 Å². The van der Waals surface area contributed by atoms with E-state index >= 15 is 0 Å². The van der Waals surface area contributed by atoms with Crippen molar-refractivity contribution in [3.05, 3.63) is 27.0 Å². The van der Waals surface area contributed by atoms with E-state index in [9.17, 15) is 53.3 Å². The molecule has 0 amide bonds. The molecule has 2 aliphatic rings. The number of aliphatic hydroxyl groups is 3. The van der Waals surface area contributed by atoms with Gasteiger partial charge in [0.1, 0.15) is 48.9 Å². The molecule has 5 rings (SSSR count). The van der Waals surface area contributed by atoms with E-state index in [0.29, 0.717) is 0 Å². The number of methoxy groups -OCH3 is 1. The van der Waals surface area contributed by atoms with Crippen LogP contribution in [-0.2, 0) is 50.6 Å². The van der Waals surface area contributed by atoms with Gasteiger partial charge in [-0.3, -0.25) is 28.6 Å². The molecule has 0 saturated carbocycles. The lowest BCUT2D eigenvalue weighted by Crippen LogP contribution is -2.37. The second-order valence-corrected chi connectivity index (χ2v) is 15.4. The number of anilines is 4. The van der Waals surface area contributed by atoms with Crippen LogP contribution >= 0.6 is 23.5 Å². The number of H-pyrrole nitrogens is 2. The highest BCUT2D eigenvalue weighted by Crippen LogP contribution is 2.67. The standard InChI is InChI=1S/C21H33N10O19P3/c1-24-8-14(27-20(22)29-16(8)35)26-18-11(33)10(32)6(46-18)4-45-51(37,38)49-53(41,42)50-52(39,40)48-44-3-7-13(43-2)12(34)19(47-7)31-5-25-9-15(31)28-21(23)30-17(9)36/h5-7,10-13,18-19,24,32-34H,3-4H2,1-2H3,(H,37,38)(H,39,40)(H,41,42)(H3,23,28,30,36)(H4,22,26,27,29,35). The van der Waals surface area contributed by atoms with Crippen molar-refractivity contribution >= 4 is 58.0 Å². The van der Waals surface area contributed by atoms with Crippen LogP contribution in [0.3, 0.4) is 0 Å². The zero-order chi connectivity index (χ0) is 39.0. The molecular formula is C21H33N10O19P3. The molecule has 0 spiro atoms. The Hall–Kier alpha value is -3.44. The van der Waals surface area contributed by atoms with Crippen molar-refractivity contribution in [2.45, 2.75) is 49.1 Å². The number of aromatic nitrogens is 6. The summed E-state index contributed by atoms with van der Waals surface area (Å²) in [5, 5.41) is 36.5. The van der Waals surface area contributed by atoms with Crippen LogP contribution in [0.1, 0.15) is 6.23 Å². The molecule has 296 valence electrons. The number of fused-ring (bicyclic) bond motifs is 1. The summed E-state index contributed by atoms with van der Waals surface area (Å²) in [6.45, 7) is -1.90. The second kappa shape index (κ2) is 15.7. The molecule has 3 aromatic rings. The zero-order valence-corrected chi connectivity index (χ0v) is 29.6. The SMILES string of the molecule is CNc1c(NC2OC(COP(=O)(O)OP(=O)(O)OP(=O)(O)OOCC3OC(n4cnc5c(=O)[nH]c(N)nc54)C(O)C3OC)C(O)C2O)nc(N)[nH]c1=O. The van der Waals surface area contributed by atoms with Crippen LogP contribution in [0.2, 0.25) is 0 Å². The number of nitrogens with one attached hydrogen (secondary N) is 4. The normalized spacial score (nSPS) is 29.4. The average molecular weight is 822 g/mol. The summed E-state index contributed by atoms with van der Waals surface area (Å²) in [6.07, 6.45) is -10.8. The number of ether oxygens (including phenoxy) is 3. The number of aromatic amines is 2. The number of nitrogen functional groups attached to an aromatic ring is 2. The van der Waals surface area contributed by atoms with Crippen LogP contribution in [-0.4, -0.2) is 130 Å². The van der Waals surface area contributed by atoms with Gasteiger partial charge in [-0.15, -0.1) is 4.67 Å². The smallest absolute Gasteiger partial charge is 0.387 e. The van der Waals surface area contributed by atoms with Crippen LogP contribution in [0.15, 0.2) is 15.9 Å². The number of hydrogen-bond donors (Lipinski definition) is 12. The number of rotatable bonds is 16. The number of aliphatic hydroxyl groups excluding tert-OH is 3. The van der Waals surface area contributed by atoms with Crippen LogP contribution < -0.4 is 33.2 Å². The summed E-state index contributed by atoms with van der Waals surface area (Å²) in [5.74, 6) is -0.784. The molecule has 0 aliphatic carbocycles. The Bertz CT molecular complexity index is 2070.